The van der Waals surface area contributed by atoms with Gasteiger partial charge in [0.1, 0.15) is 28.9 Å². The predicted molar refractivity (Wildman–Crippen MR) is 298 cm³/mol. The molecule has 8 aromatic rings. The van der Waals surface area contributed by atoms with E-state index in [-0.39, 0.29) is 11.0 Å². The van der Waals surface area contributed by atoms with Crippen LogP contribution in [0.3, 0.4) is 0 Å². The van der Waals surface area contributed by atoms with E-state index in [4.69, 9.17) is 9.47 Å². The average molecular weight is 966 g/mol. The van der Waals surface area contributed by atoms with Gasteiger partial charge in [-0.2, -0.15) is 20.8 Å². The van der Waals surface area contributed by atoms with E-state index in [9.17, 15) is 10.5 Å². The van der Waals surface area contributed by atoms with Crippen molar-refractivity contribution in [2.75, 3.05) is 31.2 Å². The third kappa shape index (κ3) is 11.6. The zero-order chi connectivity index (χ0) is 51.1. The number of rotatable bonds is 19. The molecule has 0 bridgehead atoms. The van der Waals surface area contributed by atoms with Gasteiger partial charge in [-0.15, -0.1) is 0 Å². The lowest BCUT2D eigenvalue weighted by Gasteiger charge is -2.38. The molecule has 0 saturated heterocycles. The number of allylic oxidation sites excluding steroid dienone is 5. The Kier molecular flexibility index (Phi) is 16.1. The molecule has 8 aromatic carbocycles. The number of nitriles is 2. The summed E-state index contributed by atoms with van der Waals surface area (Å²) < 4.78 is 14.7. The molecule has 0 radical (unpaired) electrons. The molecular formula is C67H59N5O2. The fourth-order valence-corrected chi connectivity index (χ4v) is 10.1. The number of ether oxygens (including phenoxy) is 2. The monoisotopic (exact) mass is 965 g/mol. The lowest BCUT2D eigenvalue weighted by molar-refractivity contribution is 0.00968. The van der Waals surface area contributed by atoms with Crippen LogP contribution in [0.25, 0.3) is 6.08 Å². The van der Waals surface area contributed by atoms with Crippen molar-refractivity contribution in [3.05, 3.63) is 298 Å². The molecule has 1 aliphatic carbocycles. The molecule has 1 aliphatic rings. The lowest BCUT2D eigenvalue weighted by Crippen LogP contribution is -2.39. The molecule has 0 unspecified atom stereocenters. The second-order valence-corrected chi connectivity index (χ2v) is 19.2. The van der Waals surface area contributed by atoms with Gasteiger partial charge in [0.25, 0.3) is 0 Å². The first-order valence-electron chi connectivity index (χ1n) is 25.2. The highest BCUT2D eigenvalue weighted by Crippen LogP contribution is 2.43. The van der Waals surface area contributed by atoms with Crippen LogP contribution < -0.4 is 4.90 Å². The number of anilines is 1. The average Bonchev–Trinajstić information content (AvgIpc) is 3.45. The van der Waals surface area contributed by atoms with Crippen molar-refractivity contribution < 1.29 is 9.47 Å². The molecule has 0 spiro atoms. The summed E-state index contributed by atoms with van der Waals surface area (Å²) in [5, 5.41) is 28.2. The zero-order valence-corrected chi connectivity index (χ0v) is 42.0. The summed E-state index contributed by atoms with van der Waals surface area (Å²) in [5.74, 6) is 0. The van der Waals surface area contributed by atoms with Crippen molar-refractivity contribution in [1.82, 2.24) is 0 Å². The second-order valence-electron chi connectivity index (χ2n) is 19.2. The van der Waals surface area contributed by atoms with Crippen LogP contribution in [-0.2, 0) is 20.7 Å². The predicted octanol–water partition coefficient (Wildman–Crippen LogP) is 16.0. The SMILES string of the molecule is CC1(C)CC(/C=C/c2ccc(N=Nc3ccc(N(CCOC(c4ccccc4)(c4ccccc4)c4ccccc4)CCOC(c4ccccc4)(c4ccccc4)c4ccccc4)cc3)cc2)=CC(=C(C#N)C#N)C1. The van der Waals surface area contributed by atoms with Gasteiger partial charge < -0.3 is 14.4 Å². The van der Waals surface area contributed by atoms with E-state index in [1.807, 2.05) is 78.9 Å². The molecule has 364 valence electrons. The molecule has 7 heteroatoms. The molecule has 0 saturated carbocycles. The summed E-state index contributed by atoms with van der Waals surface area (Å²) in [4.78, 5) is 2.33. The molecule has 0 fully saturated rings. The van der Waals surface area contributed by atoms with Crippen molar-refractivity contribution in [2.45, 2.75) is 37.9 Å². The Labute approximate surface area is 436 Å². The van der Waals surface area contributed by atoms with E-state index in [0.717, 1.165) is 73.6 Å². The van der Waals surface area contributed by atoms with Crippen LogP contribution in [0, 0.1) is 28.1 Å². The summed E-state index contributed by atoms with van der Waals surface area (Å²) >= 11 is 0. The Bertz CT molecular complexity index is 2940. The van der Waals surface area contributed by atoms with Crippen LogP contribution in [-0.4, -0.2) is 26.3 Å². The summed E-state index contributed by atoms with van der Waals surface area (Å²) in [6, 6.07) is 83.2. The summed E-state index contributed by atoms with van der Waals surface area (Å²) in [5.41, 5.74) is 10.0. The normalized spacial score (nSPS) is 13.5. The number of hydrogen-bond acceptors (Lipinski definition) is 7. The van der Waals surface area contributed by atoms with E-state index >= 15 is 0 Å². The van der Waals surface area contributed by atoms with E-state index < -0.39 is 11.2 Å². The molecule has 0 N–H and O–H groups in total. The molecule has 0 aromatic heterocycles. The molecule has 0 atom stereocenters. The second kappa shape index (κ2) is 23.7. The van der Waals surface area contributed by atoms with Gasteiger partial charge in [0, 0.05) is 18.8 Å². The topological polar surface area (TPSA) is 94.0 Å². The number of benzene rings is 8. The van der Waals surface area contributed by atoms with Crippen LogP contribution >= 0.6 is 0 Å². The van der Waals surface area contributed by atoms with Crippen LogP contribution in [0.5, 0.6) is 0 Å². The Morgan fingerprint density at radius 1 is 0.486 bits per heavy atom. The molecule has 9 rings (SSSR count). The van der Waals surface area contributed by atoms with Crippen LogP contribution in [0.15, 0.2) is 270 Å². The van der Waals surface area contributed by atoms with Gasteiger partial charge >= 0.3 is 0 Å². The first-order valence-corrected chi connectivity index (χ1v) is 25.2. The fourth-order valence-electron chi connectivity index (χ4n) is 10.1. The van der Waals surface area contributed by atoms with Gasteiger partial charge in [-0.1, -0.05) is 226 Å². The summed E-state index contributed by atoms with van der Waals surface area (Å²) in [6.07, 6.45) is 7.68. The summed E-state index contributed by atoms with van der Waals surface area (Å²) in [7, 11) is 0. The van der Waals surface area contributed by atoms with Crippen LogP contribution in [0.1, 0.15) is 65.6 Å². The quantitative estimate of drug-likeness (QED) is 0.0457. The minimum atomic E-state index is -0.874. The third-order valence-electron chi connectivity index (χ3n) is 13.6. The Morgan fingerprint density at radius 2 is 0.838 bits per heavy atom. The van der Waals surface area contributed by atoms with Crippen LogP contribution in [0.2, 0.25) is 0 Å². The highest BCUT2D eigenvalue weighted by atomic mass is 16.5. The molecule has 7 nitrogen and oxygen atoms in total. The summed E-state index contributed by atoms with van der Waals surface area (Å²) in [6.45, 7) is 6.23. The van der Waals surface area contributed by atoms with Crippen molar-refractivity contribution in [3.63, 3.8) is 0 Å². The standard InChI is InChI=1S/C67H59N5O2/c1-65(2)48-53(47-54(49-65)55(50-68)51-69)34-33-52-35-37-62(38-36-52)70-71-63-39-41-64(42-40-63)72(43-45-73-66(56-21-9-3-10-22-56,57-23-11-4-12-24-57)58-25-13-5-14-26-58)44-46-74-67(59-27-15-6-16-28-59,60-29-17-7-18-30-60)61-31-19-8-20-32-61/h3-42,47H,43-46,48-49H2,1-2H3/b34-33+,71-70?. The highest BCUT2D eigenvalue weighted by molar-refractivity contribution is 5.59. The Morgan fingerprint density at radius 3 is 1.19 bits per heavy atom. The van der Waals surface area contributed by atoms with E-state index in [1.165, 1.54) is 0 Å². The van der Waals surface area contributed by atoms with Gasteiger partial charge in [0.2, 0.25) is 0 Å². The minimum Gasteiger partial charge on any atom is -0.367 e. The van der Waals surface area contributed by atoms with Crippen molar-refractivity contribution in [1.29, 1.82) is 10.5 Å². The maximum absolute atomic E-state index is 9.50. The van der Waals surface area contributed by atoms with Gasteiger partial charge in [-0.25, -0.2) is 0 Å². The first kappa shape index (κ1) is 50.2. The van der Waals surface area contributed by atoms with E-state index in [1.54, 1.807) is 0 Å². The highest BCUT2D eigenvalue weighted by Gasteiger charge is 2.39. The number of nitrogens with zero attached hydrogens (tertiary/aromatic N) is 5. The van der Waals surface area contributed by atoms with Gasteiger partial charge in [0.15, 0.2) is 0 Å². The van der Waals surface area contributed by atoms with Gasteiger partial charge in [-0.3, -0.25) is 0 Å². The van der Waals surface area contributed by atoms with Gasteiger partial charge in [0.05, 0.1) is 24.6 Å². The van der Waals surface area contributed by atoms with Crippen LogP contribution in [0.4, 0.5) is 17.1 Å². The Balaban J connectivity index is 0.989. The largest absolute Gasteiger partial charge is 0.367 e. The minimum absolute atomic E-state index is 0.0480. The number of azo groups is 1. The van der Waals surface area contributed by atoms with Crippen molar-refractivity contribution in [2.24, 2.45) is 15.6 Å². The lowest BCUT2D eigenvalue weighted by atomic mass is 9.74. The molecule has 0 aliphatic heterocycles. The fraction of sp³-hybridized carbons (Fsp3) is 0.164. The smallest absolute Gasteiger partial charge is 0.143 e. The molecule has 74 heavy (non-hydrogen) atoms. The maximum Gasteiger partial charge on any atom is 0.143 e. The number of hydrogen-bond donors (Lipinski definition) is 0. The van der Waals surface area contributed by atoms with Crippen molar-refractivity contribution in [3.8, 4) is 12.1 Å². The molecule has 0 amide bonds. The first-order chi connectivity index (χ1) is 36.3. The zero-order valence-electron chi connectivity index (χ0n) is 42.0. The molecular weight excluding hydrogens is 907 g/mol. The van der Waals surface area contributed by atoms with E-state index in [0.29, 0.717) is 32.7 Å². The van der Waals surface area contributed by atoms with Crippen molar-refractivity contribution >= 4 is 23.1 Å². The third-order valence-corrected chi connectivity index (χ3v) is 13.6. The Hall–Kier alpha value is -8.72. The van der Waals surface area contributed by atoms with Gasteiger partial charge in [-0.05, 0) is 105 Å². The van der Waals surface area contributed by atoms with E-state index in [2.05, 4.69) is 211 Å². The molecule has 0 heterocycles. The maximum atomic E-state index is 9.50.